The first kappa shape index (κ1) is 22.2. The molecule has 1 saturated carbocycles. The van der Waals surface area contributed by atoms with E-state index in [-0.39, 0.29) is 18.1 Å². The topological polar surface area (TPSA) is 76.6 Å². The highest BCUT2D eigenvalue weighted by molar-refractivity contribution is 5.93. The van der Waals surface area contributed by atoms with Crippen LogP contribution in [0, 0.1) is 5.92 Å². The van der Waals surface area contributed by atoms with Gasteiger partial charge in [-0.3, -0.25) is 4.79 Å². The average Bonchev–Trinajstić information content (AvgIpc) is 3.60. The first-order valence-electron chi connectivity index (χ1n) is 12.0. The maximum Gasteiger partial charge on any atom is 0.253 e. The lowest BCUT2D eigenvalue weighted by Gasteiger charge is -2.20. The van der Waals surface area contributed by atoms with Crippen LogP contribution in [0.15, 0.2) is 67.0 Å². The molecule has 5 rings (SSSR count). The Hall–Kier alpha value is -3.61. The first-order valence-corrected chi connectivity index (χ1v) is 12.0. The molecule has 2 aromatic carbocycles. The predicted molar refractivity (Wildman–Crippen MR) is 130 cm³/mol. The Bertz CT molecular complexity index is 1090. The van der Waals surface area contributed by atoms with E-state index < -0.39 is 0 Å². The van der Waals surface area contributed by atoms with Crippen LogP contribution < -0.4 is 19.7 Å². The van der Waals surface area contributed by atoms with Gasteiger partial charge < -0.3 is 19.7 Å². The SMILES string of the molecule is CC(NC(=O)c1ccnnc1)c1ccc(O[C@@H]2CCN(c3ccc(OCC4CC4)cc3)C2)cc1. The van der Waals surface area contributed by atoms with E-state index >= 15 is 0 Å². The summed E-state index contributed by atoms with van der Waals surface area (Å²) < 4.78 is 12.1. The number of carbonyl (C=O) groups excluding carboxylic acids is 1. The molecule has 34 heavy (non-hydrogen) atoms. The zero-order valence-corrected chi connectivity index (χ0v) is 19.4. The van der Waals surface area contributed by atoms with Crippen LogP contribution in [-0.4, -0.2) is 41.9 Å². The molecule has 1 saturated heterocycles. The van der Waals surface area contributed by atoms with Crippen LogP contribution in [0.3, 0.4) is 0 Å². The number of ether oxygens (including phenoxy) is 2. The van der Waals surface area contributed by atoms with Crippen LogP contribution in [0.1, 0.15) is 48.1 Å². The summed E-state index contributed by atoms with van der Waals surface area (Å²) in [5.41, 5.74) is 2.71. The molecule has 2 atom stereocenters. The van der Waals surface area contributed by atoms with Gasteiger partial charge in [0, 0.05) is 18.7 Å². The Labute approximate surface area is 200 Å². The lowest BCUT2D eigenvalue weighted by atomic mass is 10.1. The smallest absolute Gasteiger partial charge is 0.253 e. The number of hydrogen-bond acceptors (Lipinski definition) is 6. The number of benzene rings is 2. The summed E-state index contributed by atoms with van der Waals surface area (Å²) in [4.78, 5) is 14.7. The number of carbonyl (C=O) groups is 1. The van der Waals surface area contributed by atoms with Gasteiger partial charge in [0.1, 0.15) is 17.6 Å². The quantitative estimate of drug-likeness (QED) is 0.512. The molecule has 7 heteroatoms. The molecule has 7 nitrogen and oxygen atoms in total. The molecule has 1 aliphatic heterocycles. The maximum absolute atomic E-state index is 12.3. The van der Waals surface area contributed by atoms with E-state index in [1.54, 1.807) is 6.07 Å². The van der Waals surface area contributed by atoms with Crippen LogP contribution >= 0.6 is 0 Å². The van der Waals surface area contributed by atoms with Gasteiger partial charge in [0.05, 0.1) is 37.2 Å². The number of rotatable bonds is 9. The molecule has 1 amide bonds. The molecule has 0 radical (unpaired) electrons. The Balaban J connectivity index is 1.11. The molecule has 2 fully saturated rings. The van der Waals surface area contributed by atoms with Crippen molar-refractivity contribution in [3.05, 3.63) is 78.1 Å². The molecule has 1 aromatic heterocycles. The molecule has 0 bridgehead atoms. The minimum Gasteiger partial charge on any atom is -0.493 e. The fraction of sp³-hybridized carbons (Fsp3) is 0.370. The summed E-state index contributed by atoms with van der Waals surface area (Å²) in [6.45, 7) is 4.62. The summed E-state index contributed by atoms with van der Waals surface area (Å²) >= 11 is 0. The number of aromatic nitrogens is 2. The molecule has 1 unspecified atom stereocenters. The molecular weight excluding hydrogens is 428 g/mol. The van der Waals surface area contributed by atoms with E-state index in [4.69, 9.17) is 9.47 Å². The zero-order valence-electron chi connectivity index (χ0n) is 19.4. The van der Waals surface area contributed by atoms with E-state index in [0.29, 0.717) is 5.56 Å². The first-order chi connectivity index (χ1) is 16.6. The standard InChI is InChI=1S/C27H30N4O3/c1-19(30-27(32)22-12-14-28-29-16-22)21-4-8-25(9-5-21)34-26-13-15-31(17-26)23-6-10-24(11-7-23)33-18-20-2-3-20/h4-12,14,16,19-20,26H,2-3,13,15,17-18H2,1H3,(H,30,32)/t19?,26-/m1/s1. The largest absolute Gasteiger partial charge is 0.493 e. The van der Waals surface area contributed by atoms with Crippen molar-refractivity contribution in [1.29, 1.82) is 0 Å². The Morgan fingerprint density at radius 2 is 1.79 bits per heavy atom. The van der Waals surface area contributed by atoms with E-state index in [9.17, 15) is 4.79 Å². The maximum atomic E-state index is 12.3. The fourth-order valence-corrected chi connectivity index (χ4v) is 4.13. The lowest BCUT2D eigenvalue weighted by molar-refractivity contribution is 0.0939. The van der Waals surface area contributed by atoms with Gasteiger partial charge in [-0.15, -0.1) is 0 Å². The van der Waals surface area contributed by atoms with Gasteiger partial charge in [-0.25, -0.2) is 0 Å². The van der Waals surface area contributed by atoms with Gasteiger partial charge in [0.25, 0.3) is 5.91 Å². The fourth-order valence-electron chi connectivity index (χ4n) is 4.13. The number of anilines is 1. The van der Waals surface area contributed by atoms with Crippen molar-refractivity contribution >= 4 is 11.6 Å². The molecule has 176 valence electrons. The summed E-state index contributed by atoms with van der Waals surface area (Å²) in [5.74, 6) is 2.38. The third kappa shape index (κ3) is 5.65. The van der Waals surface area contributed by atoms with E-state index in [1.165, 1.54) is 30.9 Å². The number of nitrogens with zero attached hydrogens (tertiary/aromatic N) is 3. The van der Waals surface area contributed by atoms with Crippen molar-refractivity contribution in [2.45, 2.75) is 38.3 Å². The highest BCUT2D eigenvalue weighted by atomic mass is 16.5. The third-order valence-corrected chi connectivity index (χ3v) is 6.41. The van der Waals surface area contributed by atoms with Gasteiger partial charge in [-0.05, 0) is 73.7 Å². The van der Waals surface area contributed by atoms with Crippen LogP contribution in [0.25, 0.3) is 0 Å². The van der Waals surface area contributed by atoms with Crippen molar-refractivity contribution in [1.82, 2.24) is 15.5 Å². The van der Waals surface area contributed by atoms with Crippen molar-refractivity contribution in [2.24, 2.45) is 5.92 Å². The normalized spacial score (nSPS) is 18.4. The van der Waals surface area contributed by atoms with Crippen LogP contribution in [0.4, 0.5) is 5.69 Å². The van der Waals surface area contributed by atoms with Gasteiger partial charge in [-0.1, -0.05) is 12.1 Å². The Morgan fingerprint density at radius 1 is 1.03 bits per heavy atom. The minimum atomic E-state index is -0.170. The minimum absolute atomic E-state index is 0.132. The number of amides is 1. The van der Waals surface area contributed by atoms with E-state index in [0.717, 1.165) is 49.1 Å². The molecule has 3 aromatic rings. The highest BCUT2D eigenvalue weighted by Gasteiger charge is 2.25. The highest BCUT2D eigenvalue weighted by Crippen LogP contribution is 2.30. The second-order valence-electron chi connectivity index (χ2n) is 9.12. The van der Waals surface area contributed by atoms with Crippen LogP contribution in [0.2, 0.25) is 0 Å². The molecule has 1 aliphatic carbocycles. The van der Waals surface area contributed by atoms with Crippen molar-refractivity contribution in [3.8, 4) is 11.5 Å². The zero-order chi connectivity index (χ0) is 23.3. The van der Waals surface area contributed by atoms with Crippen molar-refractivity contribution in [3.63, 3.8) is 0 Å². The van der Waals surface area contributed by atoms with Crippen molar-refractivity contribution in [2.75, 3.05) is 24.6 Å². The van der Waals surface area contributed by atoms with Gasteiger partial charge in [0.2, 0.25) is 0 Å². The molecule has 0 spiro atoms. The summed E-state index contributed by atoms with van der Waals surface area (Å²) in [7, 11) is 0. The lowest BCUT2D eigenvalue weighted by Crippen LogP contribution is -2.26. The van der Waals surface area contributed by atoms with Gasteiger partial charge in [-0.2, -0.15) is 10.2 Å². The molecule has 2 heterocycles. The van der Waals surface area contributed by atoms with Crippen molar-refractivity contribution < 1.29 is 14.3 Å². The van der Waals surface area contributed by atoms with Crippen LogP contribution in [-0.2, 0) is 0 Å². The number of hydrogen-bond donors (Lipinski definition) is 1. The van der Waals surface area contributed by atoms with Crippen LogP contribution in [0.5, 0.6) is 11.5 Å². The summed E-state index contributed by atoms with van der Waals surface area (Å²) in [5, 5.41) is 10.4. The third-order valence-electron chi connectivity index (χ3n) is 6.41. The Kier molecular flexibility index (Phi) is 6.60. The second kappa shape index (κ2) is 10.1. The monoisotopic (exact) mass is 458 g/mol. The molecule has 2 aliphatic rings. The van der Waals surface area contributed by atoms with E-state index in [2.05, 4.69) is 44.7 Å². The predicted octanol–water partition coefficient (Wildman–Crippen LogP) is 4.41. The Morgan fingerprint density at radius 3 is 2.50 bits per heavy atom. The summed E-state index contributed by atoms with van der Waals surface area (Å²) in [6.07, 6.45) is 6.70. The van der Waals surface area contributed by atoms with E-state index in [1.807, 2.05) is 31.2 Å². The number of nitrogens with one attached hydrogen (secondary N) is 1. The second-order valence-corrected chi connectivity index (χ2v) is 9.12. The van der Waals surface area contributed by atoms with Gasteiger partial charge in [0.15, 0.2) is 0 Å². The summed E-state index contributed by atoms with van der Waals surface area (Å²) in [6, 6.07) is 17.9. The molecular formula is C27H30N4O3. The molecule has 1 N–H and O–H groups in total. The average molecular weight is 459 g/mol. The van der Waals surface area contributed by atoms with Gasteiger partial charge >= 0.3 is 0 Å².